The van der Waals surface area contributed by atoms with Gasteiger partial charge >= 0.3 is 6.09 Å². The highest BCUT2D eigenvalue weighted by molar-refractivity contribution is 9.10. The fraction of sp³-hybridized carbons (Fsp3) is 0.409. The molecule has 2 rings (SSSR count). The number of halogens is 2. The summed E-state index contributed by atoms with van der Waals surface area (Å²) in [7, 11) is 0. The number of amides is 1. The molecule has 1 amide bonds. The van der Waals surface area contributed by atoms with Gasteiger partial charge in [0.05, 0.1) is 5.02 Å². The summed E-state index contributed by atoms with van der Waals surface area (Å²) in [6.45, 7) is 8.92. The van der Waals surface area contributed by atoms with Crippen LogP contribution >= 0.6 is 27.5 Å². The molecule has 3 nitrogen and oxygen atoms in total. The van der Waals surface area contributed by atoms with E-state index in [2.05, 4.69) is 35.0 Å². The Hall–Kier alpha value is -1.52. The Kier molecular flexibility index (Phi) is 7.75. The van der Waals surface area contributed by atoms with Crippen LogP contribution in [-0.2, 0) is 4.74 Å². The highest BCUT2D eigenvalue weighted by Gasteiger charge is 2.26. The lowest BCUT2D eigenvalue weighted by Gasteiger charge is -2.30. The van der Waals surface area contributed by atoms with Gasteiger partial charge in [-0.1, -0.05) is 54.9 Å². The summed E-state index contributed by atoms with van der Waals surface area (Å²) in [5.41, 5.74) is 1.73. The number of hydrogen-bond donors (Lipinski definition) is 0. The quantitative estimate of drug-likeness (QED) is 0.478. The van der Waals surface area contributed by atoms with Gasteiger partial charge in [0.1, 0.15) is 5.60 Å². The van der Waals surface area contributed by atoms with Gasteiger partial charge in [-0.25, -0.2) is 4.79 Å². The van der Waals surface area contributed by atoms with Gasteiger partial charge in [0.25, 0.3) is 0 Å². The van der Waals surface area contributed by atoms with E-state index in [1.54, 1.807) is 4.90 Å². The molecular weight excluding hydrogens is 426 g/mol. The molecule has 1 unspecified atom stereocenters. The minimum atomic E-state index is -0.519. The fourth-order valence-corrected chi connectivity index (χ4v) is 3.41. The van der Waals surface area contributed by atoms with Crippen LogP contribution in [0.4, 0.5) is 4.79 Å². The van der Waals surface area contributed by atoms with Gasteiger partial charge in [0.2, 0.25) is 0 Å². The van der Waals surface area contributed by atoms with Gasteiger partial charge in [-0.3, -0.25) is 0 Å². The zero-order chi connectivity index (χ0) is 20.0. The molecule has 0 bridgehead atoms. The van der Waals surface area contributed by atoms with Crippen LogP contribution in [0.5, 0.6) is 0 Å². The molecule has 27 heavy (non-hydrogen) atoms. The smallest absolute Gasteiger partial charge is 0.410 e. The molecule has 5 heteroatoms. The molecule has 0 N–H and O–H groups in total. The first-order chi connectivity index (χ1) is 12.7. The van der Waals surface area contributed by atoms with E-state index in [0.29, 0.717) is 18.1 Å². The topological polar surface area (TPSA) is 29.5 Å². The Morgan fingerprint density at radius 3 is 2.37 bits per heavy atom. The third-order valence-corrected chi connectivity index (χ3v) is 5.31. The second-order valence-electron chi connectivity index (χ2n) is 7.56. The Morgan fingerprint density at radius 1 is 1.15 bits per heavy atom. The number of carbonyl (C=O) groups is 1. The molecule has 1 atom stereocenters. The predicted molar refractivity (Wildman–Crippen MR) is 116 cm³/mol. The molecule has 0 saturated heterocycles. The van der Waals surface area contributed by atoms with Crippen molar-refractivity contribution in [2.24, 2.45) is 0 Å². The summed E-state index contributed by atoms with van der Waals surface area (Å²) in [6, 6.07) is 16.1. The summed E-state index contributed by atoms with van der Waals surface area (Å²) < 4.78 is 6.47. The Labute approximate surface area is 175 Å². The molecule has 2 aromatic rings. The third kappa shape index (κ3) is 6.54. The van der Waals surface area contributed by atoms with Gasteiger partial charge in [-0.15, -0.1) is 0 Å². The van der Waals surface area contributed by atoms with E-state index < -0.39 is 5.60 Å². The van der Waals surface area contributed by atoms with E-state index in [1.807, 2.05) is 57.2 Å². The Morgan fingerprint density at radius 2 is 1.81 bits per heavy atom. The number of benzene rings is 2. The summed E-state index contributed by atoms with van der Waals surface area (Å²) in [5, 5.41) is 0.670. The van der Waals surface area contributed by atoms with Crippen molar-refractivity contribution in [2.75, 3.05) is 13.1 Å². The monoisotopic (exact) mass is 451 g/mol. The molecule has 0 aliphatic carbocycles. The molecule has 0 radical (unpaired) electrons. The van der Waals surface area contributed by atoms with Crippen molar-refractivity contribution in [3.63, 3.8) is 0 Å². The molecular formula is C22H27BrClNO2. The lowest BCUT2D eigenvalue weighted by molar-refractivity contribution is 0.0244. The van der Waals surface area contributed by atoms with Crippen molar-refractivity contribution in [1.82, 2.24) is 4.90 Å². The second-order valence-corrected chi connectivity index (χ2v) is 8.82. The highest BCUT2D eigenvalue weighted by Crippen LogP contribution is 2.31. The molecule has 0 saturated carbocycles. The number of rotatable bonds is 6. The van der Waals surface area contributed by atoms with E-state index in [-0.39, 0.29) is 12.0 Å². The number of nitrogens with zero attached hydrogens (tertiary/aromatic N) is 1. The van der Waals surface area contributed by atoms with Crippen LogP contribution in [0.15, 0.2) is 53.0 Å². The Bertz CT molecular complexity index is 759. The molecule has 0 aliphatic heterocycles. The molecule has 0 spiro atoms. The van der Waals surface area contributed by atoms with Gasteiger partial charge in [-0.05, 0) is 66.4 Å². The van der Waals surface area contributed by atoms with Crippen molar-refractivity contribution in [2.45, 2.75) is 45.6 Å². The van der Waals surface area contributed by atoms with Crippen LogP contribution in [0.2, 0.25) is 5.02 Å². The second kappa shape index (κ2) is 9.61. The SMILES string of the molecule is CCCN(CC(c1ccccc1)c1ccc(Cl)c(Br)c1)C(=O)OC(C)(C)C. The van der Waals surface area contributed by atoms with Gasteiger partial charge in [0.15, 0.2) is 0 Å². The van der Waals surface area contributed by atoms with Crippen LogP contribution in [0.1, 0.15) is 51.2 Å². The van der Waals surface area contributed by atoms with Gasteiger partial charge in [0, 0.05) is 23.5 Å². The average Bonchev–Trinajstić information content (AvgIpc) is 2.60. The van der Waals surface area contributed by atoms with E-state index in [1.165, 1.54) is 0 Å². The summed E-state index contributed by atoms with van der Waals surface area (Å²) in [6.07, 6.45) is 0.587. The molecule has 0 aromatic heterocycles. The maximum atomic E-state index is 12.7. The lowest BCUT2D eigenvalue weighted by Crippen LogP contribution is -2.39. The first-order valence-corrected chi connectivity index (χ1v) is 10.4. The highest BCUT2D eigenvalue weighted by atomic mass is 79.9. The van der Waals surface area contributed by atoms with Crippen LogP contribution in [0, 0.1) is 0 Å². The number of carbonyl (C=O) groups excluding carboxylic acids is 1. The van der Waals surface area contributed by atoms with Crippen molar-refractivity contribution in [1.29, 1.82) is 0 Å². The molecule has 146 valence electrons. The van der Waals surface area contributed by atoms with Crippen LogP contribution in [0.3, 0.4) is 0 Å². The Balaban J connectivity index is 2.37. The van der Waals surface area contributed by atoms with Crippen LogP contribution in [-0.4, -0.2) is 29.7 Å². The van der Waals surface area contributed by atoms with E-state index in [0.717, 1.165) is 22.0 Å². The molecule has 0 aliphatic rings. The molecule has 0 fully saturated rings. The molecule has 0 heterocycles. The summed E-state index contributed by atoms with van der Waals surface area (Å²) in [4.78, 5) is 14.5. The fourth-order valence-electron chi connectivity index (χ4n) is 2.89. The van der Waals surface area contributed by atoms with Crippen LogP contribution < -0.4 is 0 Å². The normalized spacial score (nSPS) is 12.5. The van der Waals surface area contributed by atoms with Gasteiger partial charge in [-0.2, -0.15) is 0 Å². The van der Waals surface area contributed by atoms with Crippen molar-refractivity contribution in [3.8, 4) is 0 Å². The summed E-state index contributed by atoms with van der Waals surface area (Å²) in [5.74, 6) is 0.0267. The minimum Gasteiger partial charge on any atom is -0.444 e. The maximum Gasteiger partial charge on any atom is 0.410 e. The van der Waals surface area contributed by atoms with E-state index >= 15 is 0 Å². The first kappa shape index (κ1) is 21.8. The third-order valence-electron chi connectivity index (χ3n) is 4.10. The van der Waals surface area contributed by atoms with Gasteiger partial charge < -0.3 is 9.64 Å². The van der Waals surface area contributed by atoms with Crippen molar-refractivity contribution in [3.05, 3.63) is 69.2 Å². The average molecular weight is 453 g/mol. The minimum absolute atomic E-state index is 0.0267. The lowest BCUT2D eigenvalue weighted by atomic mass is 9.91. The van der Waals surface area contributed by atoms with E-state index in [4.69, 9.17) is 16.3 Å². The maximum absolute atomic E-state index is 12.7. The first-order valence-electron chi connectivity index (χ1n) is 9.19. The number of hydrogen-bond acceptors (Lipinski definition) is 2. The zero-order valence-electron chi connectivity index (χ0n) is 16.3. The van der Waals surface area contributed by atoms with Crippen LogP contribution in [0.25, 0.3) is 0 Å². The largest absolute Gasteiger partial charge is 0.444 e. The molecule has 2 aromatic carbocycles. The number of ether oxygens (including phenoxy) is 1. The van der Waals surface area contributed by atoms with Crippen molar-refractivity contribution >= 4 is 33.6 Å². The zero-order valence-corrected chi connectivity index (χ0v) is 18.7. The summed E-state index contributed by atoms with van der Waals surface area (Å²) >= 11 is 9.69. The standard InChI is InChI=1S/C22H27BrClNO2/c1-5-13-25(21(26)27-22(2,3)4)15-18(16-9-7-6-8-10-16)17-11-12-20(24)19(23)14-17/h6-12,14,18H,5,13,15H2,1-4H3. The predicted octanol–water partition coefficient (Wildman–Crippen LogP) is 6.88. The van der Waals surface area contributed by atoms with Crippen molar-refractivity contribution < 1.29 is 9.53 Å². The van der Waals surface area contributed by atoms with E-state index in [9.17, 15) is 4.79 Å².